The number of rotatable bonds is 7. The van der Waals surface area contributed by atoms with Crippen molar-refractivity contribution in [1.29, 1.82) is 0 Å². The first-order chi connectivity index (χ1) is 11.9. The van der Waals surface area contributed by atoms with Crippen molar-refractivity contribution in [3.8, 4) is 0 Å². The zero-order valence-electron chi connectivity index (χ0n) is 15.6. The van der Waals surface area contributed by atoms with Crippen LogP contribution in [0.2, 0.25) is 5.02 Å². The zero-order valence-corrected chi connectivity index (χ0v) is 16.4. The van der Waals surface area contributed by atoms with Crippen LogP contribution in [0.25, 0.3) is 0 Å². The number of likely N-dealkylation sites (N-methyl/N-ethyl adjacent to an activating group) is 1. The highest BCUT2D eigenvalue weighted by atomic mass is 35.5. The summed E-state index contributed by atoms with van der Waals surface area (Å²) in [7, 11) is 3.48. The minimum atomic E-state index is -0.0162. The van der Waals surface area contributed by atoms with Crippen molar-refractivity contribution >= 4 is 23.5 Å². The standard InChI is InChI=1S/C19H29ClN4O/c1-5-14(2)23-18(21-12-17(25)24(3)4)22-13-19(10-11-19)15-8-6-7-9-16(15)20/h6-9,14H,5,10-13H2,1-4H3,(H2,21,22,23). The first kappa shape index (κ1) is 19.6. The van der Waals surface area contributed by atoms with Crippen molar-refractivity contribution in [3.63, 3.8) is 0 Å². The van der Waals surface area contributed by atoms with Gasteiger partial charge in [0.05, 0.1) is 0 Å². The minimum Gasteiger partial charge on any atom is -0.355 e. The highest BCUT2D eigenvalue weighted by molar-refractivity contribution is 6.31. The molecule has 1 aliphatic rings. The van der Waals surface area contributed by atoms with Crippen molar-refractivity contribution in [2.24, 2.45) is 4.99 Å². The molecule has 1 saturated carbocycles. The molecule has 0 aromatic heterocycles. The van der Waals surface area contributed by atoms with Gasteiger partial charge in [-0.3, -0.25) is 4.79 Å². The lowest BCUT2D eigenvalue weighted by Crippen LogP contribution is -2.45. The number of aliphatic imine (C=N–C) groups is 1. The summed E-state index contributed by atoms with van der Waals surface area (Å²) in [4.78, 5) is 17.8. The molecule has 0 saturated heterocycles. The fourth-order valence-electron chi connectivity index (χ4n) is 2.61. The number of hydrogen-bond acceptors (Lipinski definition) is 2. The average molecular weight is 365 g/mol. The third-order valence-electron chi connectivity index (χ3n) is 4.76. The van der Waals surface area contributed by atoms with Gasteiger partial charge in [-0.05, 0) is 37.8 Å². The van der Waals surface area contributed by atoms with E-state index in [9.17, 15) is 4.79 Å². The number of carbonyl (C=O) groups is 1. The molecule has 1 fully saturated rings. The SMILES string of the molecule is CCC(C)NC(=NCC(=O)N(C)C)NCC1(c2ccccc2Cl)CC1. The highest BCUT2D eigenvalue weighted by Gasteiger charge is 2.45. The Morgan fingerprint density at radius 1 is 1.36 bits per heavy atom. The van der Waals surface area contributed by atoms with Crippen LogP contribution in [0.3, 0.4) is 0 Å². The second-order valence-electron chi connectivity index (χ2n) is 7.02. The Labute approximate surface area is 155 Å². The van der Waals surface area contributed by atoms with E-state index in [0.717, 1.165) is 30.8 Å². The summed E-state index contributed by atoms with van der Waals surface area (Å²) in [5, 5.41) is 7.60. The van der Waals surface area contributed by atoms with E-state index in [-0.39, 0.29) is 23.9 Å². The molecule has 0 radical (unpaired) electrons. The molecule has 1 amide bonds. The monoisotopic (exact) mass is 364 g/mol. The van der Waals surface area contributed by atoms with E-state index >= 15 is 0 Å². The van der Waals surface area contributed by atoms with E-state index in [4.69, 9.17) is 11.6 Å². The largest absolute Gasteiger partial charge is 0.355 e. The van der Waals surface area contributed by atoms with Crippen LogP contribution in [0.1, 0.15) is 38.7 Å². The van der Waals surface area contributed by atoms with Gasteiger partial charge >= 0.3 is 0 Å². The third-order valence-corrected chi connectivity index (χ3v) is 5.09. The Kier molecular flexibility index (Phi) is 6.71. The Bertz CT molecular complexity index is 626. The number of benzene rings is 1. The molecule has 25 heavy (non-hydrogen) atoms. The lowest BCUT2D eigenvalue weighted by Gasteiger charge is -2.22. The number of halogens is 1. The predicted octanol–water partition coefficient (Wildman–Crippen LogP) is 2.79. The lowest BCUT2D eigenvalue weighted by atomic mass is 9.96. The normalized spacial score (nSPS) is 16.9. The molecule has 6 heteroatoms. The van der Waals surface area contributed by atoms with Crippen LogP contribution in [0.15, 0.2) is 29.3 Å². The molecule has 1 unspecified atom stereocenters. The first-order valence-electron chi connectivity index (χ1n) is 8.88. The van der Waals surface area contributed by atoms with Crippen molar-refractivity contribution in [1.82, 2.24) is 15.5 Å². The third kappa shape index (κ3) is 5.36. The molecule has 2 N–H and O–H groups in total. The maximum Gasteiger partial charge on any atom is 0.243 e. The van der Waals surface area contributed by atoms with Gasteiger partial charge < -0.3 is 15.5 Å². The molecule has 1 aromatic carbocycles. The van der Waals surface area contributed by atoms with E-state index in [1.54, 1.807) is 19.0 Å². The summed E-state index contributed by atoms with van der Waals surface area (Å²) in [5.74, 6) is 0.667. The number of nitrogens with one attached hydrogen (secondary N) is 2. The summed E-state index contributed by atoms with van der Waals surface area (Å²) < 4.78 is 0. The predicted molar refractivity (Wildman–Crippen MR) is 104 cm³/mol. The van der Waals surface area contributed by atoms with E-state index < -0.39 is 0 Å². The Morgan fingerprint density at radius 3 is 2.60 bits per heavy atom. The molecular formula is C19H29ClN4O. The molecular weight excluding hydrogens is 336 g/mol. The molecule has 138 valence electrons. The van der Waals surface area contributed by atoms with Crippen LogP contribution < -0.4 is 10.6 Å². The van der Waals surface area contributed by atoms with E-state index in [1.165, 1.54) is 5.56 Å². The minimum absolute atomic E-state index is 0.0162. The van der Waals surface area contributed by atoms with E-state index in [1.807, 2.05) is 18.2 Å². The smallest absolute Gasteiger partial charge is 0.243 e. The molecule has 1 atom stereocenters. The maximum absolute atomic E-state index is 11.8. The number of amides is 1. The second kappa shape index (κ2) is 8.56. The van der Waals surface area contributed by atoms with Crippen molar-refractivity contribution in [2.45, 2.75) is 44.6 Å². The Morgan fingerprint density at radius 2 is 2.04 bits per heavy atom. The lowest BCUT2D eigenvalue weighted by molar-refractivity contribution is -0.127. The molecule has 1 aliphatic carbocycles. The fourth-order valence-corrected chi connectivity index (χ4v) is 2.95. The van der Waals surface area contributed by atoms with E-state index in [2.05, 4.69) is 35.5 Å². The highest BCUT2D eigenvalue weighted by Crippen LogP contribution is 2.49. The van der Waals surface area contributed by atoms with Gasteiger partial charge in [-0.15, -0.1) is 0 Å². The average Bonchev–Trinajstić information content (AvgIpc) is 3.38. The van der Waals surface area contributed by atoms with Crippen molar-refractivity contribution < 1.29 is 4.79 Å². The topological polar surface area (TPSA) is 56.7 Å². The van der Waals surface area contributed by atoms with Crippen LogP contribution in [0.5, 0.6) is 0 Å². The van der Waals surface area contributed by atoms with E-state index in [0.29, 0.717) is 5.96 Å². The molecule has 0 bridgehead atoms. The van der Waals surface area contributed by atoms with Gasteiger partial charge in [-0.25, -0.2) is 4.99 Å². The summed E-state index contributed by atoms with van der Waals surface area (Å²) in [5.41, 5.74) is 1.26. The van der Waals surface area contributed by atoms with Gasteiger partial charge in [-0.2, -0.15) is 0 Å². The van der Waals surface area contributed by atoms with Gasteiger partial charge in [0.15, 0.2) is 5.96 Å². The number of nitrogens with zero attached hydrogens (tertiary/aromatic N) is 2. The van der Waals surface area contributed by atoms with Crippen LogP contribution in [-0.4, -0.2) is 50.0 Å². The summed E-state index contributed by atoms with van der Waals surface area (Å²) in [6.07, 6.45) is 3.20. The summed E-state index contributed by atoms with van der Waals surface area (Å²) >= 11 is 6.38. The summed E-state index contributed by atoms with van der Waals surface area (Å²) in [6, 6.07) is 8.32. The van der Waals surface area contributed by atoms with Crippen LogP contribution in [-0.2, 0) is 10.2 Å². The van der Waals surface area contributed by atoms with Gasteiger partial charge in [0.2, 0.25) is 5.91 Å². The fraction of sp³-hybridized carbons (Fsp3) is 0.579. The van der Waals surface area contributed by atoms with Crippen LogP contribution in [0.4, 0.5) is 0 Å². The van der Waals surface area contributed by atoms with Gasteiger partial charge in [0, 0.05) is 37.1 Å². The molecule has 2 rings (SSSR count). The zero-order chi connectivity index (χ0) is 18.4. The number of guanidine groups is 1. The maximum atomic E-state index is 11.8. The first-order valence-corrected chi connectivity index (χ1v) is 9.26. The quantitative estimate of drug-likeness (QED) is 0.577. The molecule has 5 nitrogen and oxygen atoms in total. The van der Waals surface area contributed by atoms with Crippen LogP contribution in [0, 0.1) is 0 Å². The summed E-state index contributed by atoms with van der Waals surface area (Å²) in [6.45, 7) is 5.12. The van der Waals surface area contributed by atoms with Gasteiger partial charge in [0.1, 0.15) is 6.54 Å². The molecule has 0 spiro atoms. The Hall–Kier alpha value is -1.75. The van der Waals surface area contributed by atoms with Gasteiger partial charge in [0.25, 0.3) is 0 Å². The molecule has 0 heterocycles. The van der Waals surface area contributed by atoms with Gasteiger partial charge in [-0.1, -0.05) is 36.7 Å². The number of hydrogen-bond donors (Lipinski definition) is 2. The number of carbonyl (C=O) groups excluding carboxylic acids is 1. The molecule has 0 aliphatic heterocycles. The van der Waals surface area contributed by atoms with Crippen molar-refractivity contribution in [3.05, 3.63) is 34.9 Å². The molecule has 1 aromatic rings. The Balaban J connectivity index is 2.05. The van der Waals surface area contributed by atoms with Crippen LogP contribution >= 0.6 is 11.6 Å². The van der Waals surface area contributed by atoms with Crippen molar-refractivity contribution in [2.75, 3.05) is 27.2 Å². The second-order valence-corrected chi connectivity index (χ2v) is 7.43.